The quantitative estimate of drug-likeness (QED) is 0.697. The maximum Gasteiger partial charge on any atom is 0.303 e. The molecular formula is C13H18O4. The van der Waals surface area contributed by atoms with Crippen LogP contribution in [0, 0.1) is 11.8 Å². The number of hydrogen-bond acceptors (Lipinski definition) is 4. The van der Waals surface area contributed by atoms with E-state index in [-0.39, 0.29) is 23.6 Å². The lowest BCUT2D eigenvalue weighted by Crippen LogP contribution is -2.44. The second-order valence-corrected chi connectivity index (χ2v) is 5.73. The number of Topliss-reactive ketones (excluding diaryl/α,β-unsaturated/α-hetero) is 1. The van der Waals surface area contributed by atoms with Gasteiger partial charge in [-0.15, -0.1) is 0 Å². The Morgan fingerprint density at radius 3 is 2.76 bits per heavy atom. The van der Waals surface area contributed by atoms with Crippen LogP contribution in [0.3, 0.4) is 0 Å². The van der Waals surface area contributed by atoms with Crippen LogP contribution in [0.4, 0.5) is 0 Å². The molecule has 4 heteroatoms. The first-order valence-electron chi connectivity index (χ1n) is 6.47. The molecule has 0 bridgehead atoms. The van der Waals surface area contributed by atoms with Gasteiger partial charge in [0.1, 0.15) is 11.2 Å². The number of rotatable bonds is 1. The molecule has 1 N–H and O–H groups in total. The molecule has 0 aliphatic heterocycles. The van der Waals surface area contributed by atoms with Gasteiger partial charge in [0.15, 0.2) is 5.78 Å². The molecule has 0 saturated heterocycles. The molecule has 94 valence electrons. The second kappa shape index (κ2) is 3.31. The fourth-order valence-electron chi connectivity index (χ4n) is 4.47. The minimum atomic E-state index is -1.21. The highest BCUT2D eigenvalue weighted by atomic mass is 16.6. The number of carbonyl (C=O) groups is 2. The van der Waals surface area contributed by atoms with E-state index in [2.05, 4.69) is 0 Å². The average Bonchev–Trinajstić information content (AvgIpc) is 2.84. The molecular weight excluding hydrogens is 220 g/mol. The summed E-state index contributed by atoms with van der Waals surface area (Å²) in [6, 6.07) is 0. The normalized spacial score (nSPS) is 48.0. The van der Waals surface area contributed by atoms with Gasteiger partial charge in [-0.2, -0.15) is 0 Å². The van der Waals surface area contributed by atoms with E-state index in [0.29, 0.717) is 6.42 Å². The van der Waals surface area contributed by atoms with Crippen molar-refractivity contribution in [1.82, 2.24) is 0 Å². The molecule has 3 aliphatic carbocycles. The van der Waals surface area contributed by atoms with E-state index in [1.54, 1.807) is 0 Å². The van der Waals surface area contributed by atoms with E-state index in [1.807, 2.05) is 0 Å². The summed E-state index contributed by atoms with van der Waals surface area (Å²) in [7, 11) is 0. The predicted octanol–water partition coefficient (Wildman–Crippen LogP) is 1.20. The highest BCUT2D eigenvalue weighted by Crippen LogP contribution is 2.60. The van der Waals surface area contributed by atoms with Crippen molar-refractivity contribution in [1.29, 1.82) is 0 Å². The summed E-state index contributed by atoms with van der Waals surface area (Å²) in [6.45, 7) is 1.39. The Balaban J connectivity index is 2.05. The lowest BCUT2D eigenvalue weighted by atomic mass is 9.83. The molecule has 0 radical (unpaired) electrons. The number of aliphatic hydroxyl groups is 1. The van der Waals surface area contributed by atoms with E-state index in [1.165, 1.54) is 6.92 Å². The standard InChI is InChI=1S/C13H18O4/c1-8(14)17-13-7-2-4-9(13)11(15)12(16)6-3-5-10(12)13/h9-10,16H,2-7H2,1H3/t9-,10+,12+,13+/m0/s1. The van der Waals surface area contributed by atoms with Crippen LogP contribution >= 0.6 is 0 Å². The van der Waals surface area contributed by atoms with Gasteiger partial charge >= 0.3 is 5.97 Å². The zero-order chi connectivity index (χ0) is 12.3. The number of ketones is 1. The van der Waals surface area contributed by atoms with Crippen LogP contribution in [0.25, 0.3) is 0 Å². The SMILES string of the molecule is CC(=O)O[C@]12CCC[C@H]1C(=O)[C@@]1(O)CCC[C@@H]21. The van der Waals surface area contributed by atoms with E-state index in [0.717, 1.165) is 32.1 Å². The van der Waals surface area contributed by atoms with Crippen molar-refractivity contribution in [3.05, 3.63) is 0 Å². The number of ether oxygens (including phenoxy) is 1. The fraction of sp³-hybridized carbons (Fsp3) is 0.846. The smallest absolute Gasteiger partial charge is 0.303 e. The zero-order valence-corrected chi connectivity index (χ0v) is 10.1. The first-order chi connectivity index (χ1) is 8.01. The third-order valence-corrected chi connectivity index (χ3v) is 4.94. The molecule has 3 saturated carbocycles. The summed E-state index contributed by atoms with van der Waals surface area (Å²) < 4.78 is 5.55. The van der Waals surface area contributed by atoms with Gasteiger partial charge in [0.2, 0.25) is 0 Å². The maximum atomic E-state index is 12.3. The molecule has 4 nitrogen and oxygen atoms in total. The number of esters is 1. The molecule has 0 spiro atoms. The Labute approximate surface area is 100 Å². The van der Waals surface area contributed by atoms with Gasteiger partial charge in [0.05, 0.1) is 5.92 Å². The Hall–Kier alpha value is -0.900. The maximum absolute atomic E-state index is 12.3. The van der Waals surface area contributed by atoms with Crippen LogP contribution in [-0.2, 0) is 14.3 Å². The molecule has 3 fully saturated rings. The van der Waals surface area contributed by atoms with Gasteiger partial charge < -0.3 is 9.84 Å². The highest BCUT2D eigenvalue weighted by molar-refractivity contribution is 5.95. The third kappa shape index (κ3) is 1.22. The van der Waals surface area contributed by atoms with Crippen molar-refractivity contribution in [2.24, 2.45) is 11.8 Å². The van der Waals surface area contributed by atoms with Gasteiger partial charge in [-0.05, 0) is 38.5 Å². The zero-order valence-electron chi connectivity index (χ0n) is 10.1. The van der Waals surface area contributed by atoms with E-state index in [4.69, 9.17) is 4.74 Å². The minimum Gasteiger partial charge on any atom is -0.458 e. The molecule has 4 atom stereocenters. The summed E-state index contributed by atoms with van der Waals surface area (Å²) in [5, 5.41) is 10.5. The molecule has 0 aromatic rings. The summed E-state index contributed by atoms with van der Waals surface area (Å²) in [4.78, 5) is 23.7. The van der Waals surface area contributed by atoms with Crippen LogP contribution in [0.5, 0.6) is 0 Å². The van der Waals surface area contributed by atoms with Crippen LogP contribution < -0.4 is 0 Å². The Morgan fingerprint density at radius 2 is 2.06 bits per heavy atom. The third-order valence-electron chi connectivity index (χ3n) is 4.94. The van der Waals surface area contributed by atoms with Crippen LogP contribution in [0.1, 0.15) is 45.4 Å². The second-order valence-electron chi connectivity index (χ2n) is 5.73. The lowest BCUT2D eigenvalue weighted by Gasteiger charge is -2.34. The monoisotopic (exact) mass is 238 g/mol. The van der Waals surface area contributed by atoms with Crippen molar-refractivity contribution in [3.8, 4) is 0 Å². The van der Waals surface area contributed by atoms with Crippen molar-refractivity contribution in [2.75, 3.05) is 0 Å². The van der Waals surface area contributed by atoms with Crippen molar-refractivity contribution >= 4 is 11.8 Å². The van der Waals surface area contributed by atoms with E-state index >= 15 is 0 Å². The Kier molecular flexibility index (Phi) is 2.18. The van der Waals surface area contributed by atoms with Gasteiger partial charge in [0.25, 0.3) is 0 Å². The fourth-order valence-corrected chi connectivity index (χ4v) is 4.47. The minimum absolute atomic E-state index is 0.0706. The van der Waals surface area contributed by atoms with Gasteiger partial charge in [-0.3, -0.25) is 9.59 Å². The summed E-state index contributed by atoms with van der Waals surface area (Å²) in [6.07, 6.45) is 4.59. The van der Waals surface area contributed by atoms with Crippen LogP contribution in [0.15, 0.2) is 0 Å². The van der Waals surface area contributed by atoms with Crippen molar-refractivity contribution in [2.45, 2.75) is 56.7 Å². The molecule has 17 heavy (non-hydrogen) atoms. The largest absolute Gasteiger partial charge is 0.458 e. The number of carbonyl (C=O) groups excluding carboxylic acids is 2. The topological polar surface area (TPSA) is 63.6 Å². The molecule has 0 unspecified atom stereocenters. The molecule has 0 aromatic carbocycles. The molecule has 0 heterocycles. The van der Waals surface area contributed by atoms with Crippen LogP contribution in [0.2, 0.25) is 0 Å². The Morgan fingerprint density at radius 1 is 1.35 bits per heavy atom. The average molecular weight is 238 g/mol. The number of hydrogen-bond donors (Lipinski definition) is 1. The van der Waals surface area contributed by atoms with Gasteiger partial charge in [-0.25, -0.2) is 0 Å². The van der Waals surface area contributed by atoms with Gasteiger partial charge in [0, 0.05) is 12.8 Å². The number of fused-ring (bicyclic) bond motifs is 3. The van der Waals surface area contributed by atoms with E-state index < -0.39 is 11.2 Å². The first kappa shape index (κ1) is 11.2. The molecule has 3 aliphatic rings. The predicted molar refractivity (Wildman–Crippen MR) is 59.1 cm³/mol. The highest BCUT2D eigenvalue weighted by Gasteiger charge is 2.71. The molecule has 0 aromatic heterocycles. The summed E-state index contributed by atoms with van der Waals surface area (Å²) in [5.41, 5.74) is -1.89. The van der Waals surface area contributed by atoms with Crippen molar-refractivity contribution in [3.63, 3.8) is 0 Å². The molecule has 3 rings (SSSR count). The van der Waals surface area contributed by atoms with E-state index in [9.17, 15) is 14.7 Å². The first-order valence-corrected chi connectivity index (χ1v) is 6.47. The Bertz CT molecular complexity index is 391. The molecule has 0 amide bonds. The van der Waals surface area contributed by atoms with Crippen molar-refractivity contribution < 1.29 is 19.4 Å². The van der Waals surface area contributed by atoms with Gasteiger partial charge in [-0.1, -0.05) is 0 Å². The lowest BCUT2D eigenvalue weighted by molar-refractivity contribution is -0.167. The van der Waals surface area contributed by atoms with Crippen LogP contribution in [-0.4, -0.2) is 28.1 Å². The summed E-state index contributed by atoms with van der Waals surface area (Å²) in [5.74, 6) is -0.833. The summed E-state index contributed by atoms with van der Waals surface area (Å²) >= 11 is 0.